The summed E-state index contributed by atoms with van der Waals surface area (Å²) in [7, 11) is 1.86. The number of hydrogen-bond donors (Lipinski definition) is 2. The second-order valence-electron chi connectivity index (χ2n) is 7.78. The number of carbonyl (C=O) groups excluding carboxylic acids is 1. The van der Waals surface area contributed by atoms with E-state index in [0.29, 0.717) is 27.8 Å². The smallest absolute Gasteiger partial charge is 0.274 e. The Morgan fingerprint density at radius 3 is 2.52 bits per heavy atom. The van der Waals surface area contributed by atoms with Gasteiger partial charge in [-0.15, -0.1) is 0 Å². The van der Waals surface area contributed by atoms with Gasteiger partial charge in [0.05, 0.1) is 5.69 Å². The first-order chi connectivity index (χ1) is 15.8. The average molecular weight is 468 g/mol. The first-order valence-corrected chi connectivity index (χ1v) is 10.8. The summed E-state index contributed by atoms with van der Waals surface area (Å²) in [6, 6.07) is 12.4. The van der Waals surface area contributed by atoms with Crippen molar-refractivity contribution in [2.45, 2.75) is 25.8 Å². The average Bonchev–Trinajstić information content (AvgIpc) is 3.34. The zero-order chi connectivity index (χ0) is 23.5. The number of nitrogens with zero attached hydrogens (tertiary/aromatic N) is 3. The Labute approximate surface area is 194 Å². The second kappa shape index (κ2) is 9.46. The van der Waals surface area contributed by atoms with Crippen LogP contribution in [-0.4, -0.2) is 25.2 Å². The third-order valence-electron chi connectivity index (χ3n) is 5.51. The highest BCUT2D eigenvalue weighted by Crippen LogP contribution is 2.22. The molecule has 2 aromatic carbocycles. The van der Waals surface area contributed by atoms with E-state index in [2.05, 4.69) is 15.4 Å². The fraction of sp³-hybridized carbons (Fsp3) is 0.208. The SMILES string of the molecule is Cc1[nH]n(-c2ccc(F)cc2)c(=O)c1CCC(=O)N[C@@H](c1ccc(Cl)cc1)c1nccn1C. The summed E-state index contributed by atoms with van der Waals surface area (Å²) in [4.78, 5) is 30.1. The fourth-order valence-electron chi connectivity index (χ4n) is 3.73. The largest absolute Gasteiger partial charge is 0.342 e. The van der Waals surface area contributed by atoms with Gasteiger partial charge in [0.25, 0.3) is 5.56 Å². The molecular weight excluding hydrogens is 445 g/mol. The Morgan fingerprint density at radius 1 is 1.18 bits per heavy atom. The summed E-state index contributed by atoms with van der Waals surface area (Å²) >= 11 is 6.02. The quantitative estimate of drug-likeness (QED) is 0.433. The van der Waals surface area contributed by atoms with E-state index in [9.17, 15) is 14.0 Å². The Morgan fingerprint density at radius 2 is 1.88 bits per heavy atom. The van der Waals surface area contributed by atoms with E-state index in [1.54, 1.807) is 25.3 Å². The van der Waals surface area contributed by atoms with E-state index in [-0.39, 0.29) is 30.1 Å². The van der Waals surface area contributed by atoms with E-state index in [0.717, 1.165) is 5.56 Å². The summed E-state index contributed by atoms with van der Waals surface area (Å²) in [5, 5.41) is 6.62. The molecule has 4 aromatic rings. The number of aromatic amines is 1. The van der Waals surface area contributed by atoms with Crippen LogP contribution in [0, 0.1) is 12.7 Å². The molecular formula is C24H23ClFN5O2. The second-order valence-corrected chi connectivity index (χ2v) is 8.22. The van der Waals surface area contributed by atoms with Crippen LogP contribution in [0.5, 0.6) is 0 Å². The van der Waals surface area contributed by atoms with Gasteiger partial charge < -0.3 is 9.88 Å². The molecule has 0 aliphatic rings. The number of aryl methyl sites for hydroxylation is 2. The molecule has 0 fully saturated rings. The van der Waals surface area contributed by atoms with Gasteiger partial charge in [-0.3, -0.25) is 14.7 Å². The molecule has 0 spiro atoms. The number of rotatable bonds is 7. The molecule has 0 saturated heterocycles. The molecule has 1 atom stereocenters. The maximum Gasteiger partial charge on any atom is 0.274 e. The minimum Gasteiger partial charge on any atom is -0.342 e. The van der Waals surface area contributed by atoms with Gasteiger partial charge in [0, 0.05) is 42.1 Å². The van der Waals surface area contributed by atoms with Crippen LogP contribution in [0.25, 0.3) is 5.69 Å². The lowest BCUT2D eigenvalue weighted by molar-refractivity contribution is -0.121. The third kappa shape index (κ3) is 4.90. The highest BCUT2D eigenvalue weighted by molar-refractivity contribution is 6.30. The normalized spacial score (nSPS) is 12.0. The molecule has 33 heavy (non-hydrogen) atoms. The summed E-state index contributed by atoms with van der Waals surface area (Å²) in [6.45, 7) is 1.78. The predicted molar refractivity (Wildman–Crippen MR) is 124 cm³/mol. The third-order valence-corrected chi connectivity index (χ3v) is 5.76. The number of H-pyrrole nitrogens is 1. The molecule has 4 rings (SSSR count). The molecule has 9 heteroatoms. The van der Waals surface area contributed by atoms with E-state index in [1.807, 2.05) is 29.9 Å². The molecule has 0 bridgehead atoms. The molecule has 0 unspecified atom stereocenters. The number of nitrogens with one attached hydrogen (secondary N) is 2. The highest BCUT2D eigenvalue weighted by atomic mass is 35.5. The van der Waals surface area contributed by atoms with E-state index in [1.165, 1.54) is 28.9 Å². The molecule has 2 aromatic heterocycles. The van der Waals surface area contributed by atoms with Crippen LogP contribution in [0.15, 0.2) is 65.7 Å². The zero-order valence-electron chi connectivity index (χ0n) is 18.2. The molecule has 2 heterocycles. The zero-order valence-corrected chi connectivity index (χ0v) is 18.9. The van der Waals surface area contributed by atoms with Crippen molar-refractivity contribution in [3.05, 3.63) is 105 Å². The number of imidazole rings is 1. The van der Waals surface area contributed by atoms with Gasteiger partial charge in [0.15, 0.2) is 0 Å². The van der Waals surface area contributed by atoms with Gasteiger partial charge in [0.2, 0.25) is 5.91 Å². The number of aromatic nitrogens is 4. The molecule has 2 N–H and O–H groups in total. The van der Waals surface area contributed by atoms with Gasteiger partial charge in [0.1, 0.15) is 17.7 Å². The van der Waals surface area contributed by atoms with Gasteiger partial charge in [-0.25, -0.2) is 14.1 Å². The fourth-order valence-corrected chi connectivity index (χ4v) is 3.85. The Hall–Kier alpha value is -3.65. The summed E-state index contributed by atoms with van der Waals surface area (Å²) in [6.07, 6.45) is 3.86. The maximum atomic E-state index is 13.2. The maximum absolute atomic E-state index is 13.2. The number of carbonyl (C=O) groups is 1. The van der Waals surface area contributed by atoms with Crippen LogP contribution in [0.4, 0.5) is 4.39 Å². The summed E-state index contributed by atoms with van der Waals surface area (Å²) < 4.78 is 16.4. The molecule has 1 amide bonds. The first-order valence-electron chi connectivity index (χ1n) is 10.4. The van der Waals surface area contributed by atoms with Crippen LogP contribution in [0.3, 0.4) is 0 Å². The number of benzene rings is 2. The van der Waals surface area contributed by atoms with Crippen molar-refractivity contribution < 1.29 is 9.18 Å². The van der Waals surface area contributed by atoms with E-state index < -0.39 is 6.04 Å². The van der Waals surface area contributed by atoms with Gasteiger partial charge in [-0.05, 0) is 55.3 Å². The van der Waals surface area contributed by atoms with E-state index in [4.69, 9.17) is 11.6 Å². The van der Waals surface area contributed by atoms with Crippen molar-refractivity contribution in [2.75, 3.05) is 0 Å². The lowest BCUT2D eigenvalue weighted by Crippen LogP contribution is -2.31. The van der Waals surface area contributed by atoms with Crippen LogP contribution < -0.4 is 10.9 Å². The van der Waals surface area contributed by atoms with Gasteiger partial charge in [-0.2, -0.15) is 0 Å². The van der Waals surface area contributed by atoms with Crippen LogP contribution in [-0.2, 0) is 18.3 Å². The number of halogens is 2. The van der Waals surface area contributed by atoms with Crippen LogP contribution >= 0.6 is 11.6 Å². The molecule has 0 radical (unpaired) electrons. The minimum atomic E-state index is -0.460. The molecule has 0 aliphatic heterocycles. The van der Waals surface area contributed by atoms with Crippen molar-refractivity contribution in [2.24, 2.45) is 7.05 Å². The van der Waals surface area contributed by atoms with Crippen molar-refractivity contribution in [1.29, 1.82) is 0 Å². The number of amides is 1. The lowest BCUT2D eigenvalue weighted by atomic mass is 10.1. The predicted octanol–water partition coefficient (Wildman–Crippen LogP) is 3.84. The van der Waals surface area contributed by atoms with Gasteiger partial charge in [-0.1, -0.05) is 23.7 Å². The van der Waals surface area contributed by atoms with Crippen LogP contribution in [0.1, 0.15) is 35.1 Å². The van der Waals surface area contributed by atoms with Crippen molar-refractivity contribution in [1.82, 2.24) is 24.6 Å². The van der Waals surface area contributed by atoms with Crippen molar-refractivity contribution >= 4 is 17.5 Å². The Kier molecular flexibility index (Phi) is 6.46. The summed E-state index contributed by atoms with van der Waals surface area (Å²) in [5.41, 5.74) is 2.28. The Bertz CT molecular complexity index is 1320. The molecule has 170 valence electrons. The number of hydrogen-bond acceptors (Lipinski definition) is 3. The Balaban J connectivity index is 1.51. The molecule has 7 nitrogen and oxygen atoms in total. The minimum absolute atomic E-state index is 0.117. The van der Waals surface area contributed by atoms with Crippen molar-refractivity contribution in [3.63, 3.8) is 0 Å². The monoisotopic (exact) mass is 467 g/mol. The van der Waals surface area contributed by atoms with Gasteiger partial charge >= 0.3 is 0 Å². The standard InChI is InChI=1S/C24H23ClFN5O2/c1-15-20(24(33)31(29-15)19-9-7-18(26)8-10-19)11-12-21(32)28-22(23-27-13-14-30(23)2)16-3-5-17(25)6-4-16/h3-10,13-14,22,29H,11-12H2,1-2H3,(H,28,32)/t22-/m0/s1. The topological polar surface area (TPSA) is 84.7 Å². The first kappa shape index (κ1) is 22.5. The molecule has 0 aliphatic carbocycles. The van der Waals surface area contributed by atoms with E-state index >= 15 is 0 Å². The highest BCUT2D eigenvalue weighted by Gasteiger charge is 2.21. The molecule has 0 saturated carbocycles. The van der Waals surface area contributed by atoms with Crippen LogP contribution in [0.2, 0.25) is 5.02 Å². The summed E-state index contributed by atoms with van der Waals surface area (Å²) in [5.74, 6) is 0.0865. The lowest BCUT2D eigenvalue weighted by Gasteiger charge is -2.19. The van der Waals surface area contributed by atoms with Crippen molar-refractivity contribution in [3.8, 4) is 5.69 Å².